The number of carbonyl (C=O) groups is 3. The zero-order valence-corrected chi connectivity index (χ0v) is 19.6. The lowest BCUT2D eigenvalue weighted by Gasteiger charge is -2.48. The summed E-state index contributed by atoms with van der Waals surface area (Å²) in [4.78, 5) is 37.6. The number of esters is 3. The van der Waals surface area contributed by atoms with Gasteiger partial charge in [0.25, 0.3) is 0 Å². The molecule has 10 heteroatoms. The van der Waals surface area contributed by atoms with E-state index in [0.717, 1.165) is 6.08 Å². The van der Waals surface area contributed by atoms with Crippen LogP contribution in [0.2, 0.25) is 0 Å². The summed E-state index contributed by atoms with van der Waals surface area (Å²) in [5.74, 6) is -2.87. The lowest BCUT2D eigenvalue weighted by atomic mass is 10.1. The fourth-order valence-corrected chi connectivity index (χ4v) is 4.77. The molecule has 0 aromatic carbocycles. The second-order valence-electron chi connectivity index (χ2n) is 6.61. The summed E-state index contributed by atoms with van der Waals surface area (Å²) in [7, 11) is -0.732. The molecule has 0 bridgehead atoms. The van der Waals surface area contributed by atoms with Crippen LogP contribution < -0.4 is 0 Å². The summed E-state index contributed by atoms with van der Waals surface area (Å²) in [6, 6.07) is 0. The lowest BCUT2D eigenvalue weighted by Crippen LogP contribution is -2.77. The Kier molecular flexibility index (Phi) is 9.60. The van der Waals surface area contributed by atoms with Crippen molar-refractivity contribution < 1.29 is 41.9 Å². The van der Waals surface area contributed by atoms with Crippen molar-refractivity contribution in [2.24, 2.45) is 0 Å². The Morgan fingerprint density at radius 1 is 0.733 bits per heavy atom. The number of carbonyl (C=O) groups excluding carboxylic acids is 3. The summed E-state index contributed by atoms with van der Waals surface area (Å²) in [5.41, 5.74) is -4.68. The van der Waals surface area contributed by atoms with Gasteiger partial charge in [0.2, 0.25) is 5.60 Å². The van der Waals surface area contributed by atoms with Gasteiger partial charge in [0.05, 0.1) is 0 Å². The van der Waals surface area contributed by atoms with Gasteiger partial charge in [0.1, 0.15) is 0 Å². The molecule has 0 amide bonds. The highest BCUT2D eigenvalue weighted by atomic mass is 28.4. The van der Waals surface area contributed by atoms with Gasteiger partial charge in [-0.05, 0) is 33.8 Å². The monoisotopic (exact) mass is 442 g/mol. The molecule has 30 heavy (non-hydrogen) atoms. The number of hydrogen-bond donors (Lipinski definition) is 0. The van der Waals surface area contributed by atoms with Gasteiger partial charge in [-0.2, -0.15) is 0 Å². The lowest BCUT2D eigenvalue weighted by molar-refractivity contribution is -0.264. The van der Waals surface area contributed by atoms with Gasteiger partial charge in [0.15, 0.2) is 0 Å². The van der Waals surface area contributed by atoms with E-state index in [4.69, 9.17) is 27.5 Å². The van der Waals surface area contributed by atoms with Crippen LogP contribution >= 0.6 is 0 Å². The third kappa shape index (κ3) is 5.14. The molecule has 0 N–H and O–H groups in total. The molecule has 1 atom stereocenters. The Bertz CT molecular complexity index is 715. The Hall–Kier alpha value is -2.53. The fourth-order valence-electron chi connectivity index (χ4n) is 2.26. The van der Waals surface area contributed by atoms with Crippen LogP contribution in [0.25, 0.3) is 0 Å². The highest BCUT2D eigenvalue weighted by Gasteiger charge is 2.77. The van der Waals surface area contributed by atoms with Gasteiger partial charge in [0, 0.05) is 38.0 Å². The van der Waals surface area contributed by atoms with Gasteiger partial charge in [-0.3, -0.25) is 0 Å². The van der Waals surface area contributed by atoms with Crippen LogP contribution in [0.15, 0.2) is 49.1 Å². The zero-order valence-electron chi connectivity index (χ0n) is 18.6. The maximum Gasteiger partial charge on any atom is 0.595 e. The summed E-state index contributed by atoms with van der Waals surface area (Å²) >= 11 is 0. The molecule has 0 aromatic rings. The van der Waals surface area contributed by atoms with E-state index in [2.05, 4.69) is 26.3 Å². The van der Waals surface area contributed by atoms with Gasteiger partial charge < -0.3 is 27.5 Å². The molecule has 0 fully saturated rings. The molecule has 0 aliphatic heterocycles. The van der Waals surface area contributed by atoms with Crippen LogP contribution in [0.1, 0.15) is 27.7 Å². The molecule has 0 spiro atoms. The van der Waals surface area contributed by atoms with Crippen molar-refractivity contribution in [3.05, 3.63) is 49.1 Å². The predicted molar refractivity (Wildman–Crippen MR) is 111 cm³/mol. The van der Waals surface area contributed by atoms with Crippen molar-refractivity contribution in [1.29, 1.82) is 0 Å². The highest BCUT2D eigenvalue weighted by molar-refractivity contribution is 6.64. The molecule has 1 unspecified atom stereocenters. The van der Waals surface area contributed by atoms with Gasteiger partial charge in [-0.15, -0.1) is 0 Å². The van der Waals surface area contributed by atoms with Crippen molar-refractivity contribution in [1.82, 2.24) is 0 Å². The van der Waals surface area contributed by atoms with Crippen LogP contribution in [-0.4, -0.2) is 59.1 Å². The third-order valence-corrected chi connectivity index (χ3v) is 7.19. The van der Waals surface area contributed by atoms with Crippen LogP contribution in [0, 0.1) is 0 Å². The van der Waals surface area contributed by atoms with Gasteiger partial charge >= 0.3 is 32.1 Å². The van der Waals surface area contributed by atoms with Crippen LogP contribution in [0.3, 0.4) is 0 Å². The largest absolute Gasteiger partial charge is 0.595 e. The van der Waals surface area contributed by atoms with E-state index >= 15 is 0 Å². The van der Waals surface area contributed by atoms with Crippen LogP contribution in [0.4, 0.5) is 0 Å². The molecule has 0 aromatic heterocycles. The van der Waals surface area contributed by atoms with E-state index in [1.807, 2.05) is 0 Å². The number of ether oxygens (including phenoxy) is 3. The van der Waals surface area contributed by atoms with Gasteiger partial charge in [-0.25, -0.2) is 14.4 Å². The number of rotatable bonds is 12. The Balaban J connectivity index is 7.27. The quantitative estimate of drug-likeness (QED) is 0.148. The molecule has 0 aliphatic rings. The summed E-state index contributed by atoms with van der Waals surface area (Å²) < 4.78 is 33.1. The average molecular weight is 443 g/mol. The standard InChI is InChI=1S/C20H30O9Si/c1-12-19(8,27-16(21)13(2)3)20(28-17(22)14(4)5,29-18(23)15(6)7)30(24-9,25-10)26-11/h12H,1-2,4,6H2,3,5,7-11H3. The highest BCUT2D eigenvalue weighted by Crippen LogP contribution is 2.43. The molecular formula is C20H30O9Si. The molecule has 0 saturated heterocycles. The average Bonchev–Trinajstić information content (AvgIpc) is 2.68. The van der Waals surface area contributed by atoms with Crippen LogP contribution in [-0.2, 0) is 41.9 Å². The smallest absolute Gasteiger partial charge is 0.443 e. The second-order valence-corrected chi connectivity index (χ2v) is 9.60. The Labute approximate surface area is 178 Å². The molecule has 0 saturated carbocycles. The summed E-state index contributed by atoms with van der Waals surface area (Å²) in [5, 5.41) is 0. The number of hydrogen-bond acceptors (Lipinski definition) is 9. The predicted octanol–water partition coefficient (Wildman–Crippen LogP) is 2.40. The minimum Gasteiger partial charge on any atom is -0.443 e. The normalized spacial score (nSPS) is 13.4. The first-order valence-electron chi connectivity index (χ1n) is 8.68. The molecule has 0 radical (unpaired) electrons. The minimum atomic E-state index is -4.32. The maximum absolute atomic E-state index is 12.6. The van der Waals surface area contributed by atoms with E-state index in [-0.39, 0.29) is 16.7 Å². The first-order valence-corrected chi connectivity index (χ1v) is 10.4. The molecule has 9 nitrogen and oxygen atoms in total. The summed E-state index contributed by atoms with van der Waals surface area (Å²) in [6.45, 7) is 19.7. The van der Waals surface area contributed by atoms with Crippen molar-refractivity contribution >= 4 is 26.7 Å². The maximum atomic E-state index is 12.6. The topological polar surface area (TPSA) is 107 Å². The minimum absolute atomic E-state index is 0.0222. The van der Waals surface area contributed by atoms with Crippen LogP contribution in [0.5, 0.6) is 0 Å². The summed E-state index contributed by atoms with van der Waals surface area (Å²) in [6.07, 6.45) is 1.10. The first kappa shape index (κ1) is 27.5. The second kappa shape index (κ2) is 10.5. The zero-order chi connectivity index (χ0) is 23.9. The fraction of sp³-hybridized carbons (Fsp3) is 0.450. The third-order valence-electron chi connectivity index (χ3n) is 4.08. The van der Waals surface area contributed by atoms with Crippen molar-refractivity contribution in [3.63, 3.8) is 0 Å². The molecule has 168 valence electrons. The van der Waals surface area contributed by atoms with E-state index in [9.17, 15) is 14.4 Å². The van der Waals surface area contributed by atoms with E-state index in [1.165, 1.54) is 49.0 Å². The van der Waals surface area contributed by atoms with Crippen molar-refractivity contribution in [2.45, 2.75) is 38.7 Å². The first-order chi connectivity index (χ1) is 13.7. The molecule has 0 heterocycles. The van der Waals surface area contributed by atoms with Gasteiger partial charge in [-0.1, -0.05) is 26.3 Å². The van der Waals surface area contributed by atoms with E-state index < -0.39 is 37.7 Å². The SMILES string of the molecule is C=CC(C)(OC(=O)C(=C)C)C(OC(=O)C(=C)C)(OC(=O)C(=C)C)[Si](OC)(OC)OC. The molecule has 0 aliphatic carbocycles. The van der Waals surface area contributed by atoms with E-state index in [1.54, 1.807) is 0 Å². The Morgan fingerprint density at radius 3 is 1.27 bits per heavy atom. The molecular weight excluding hydrogens is 412 g/mol. The van der Waals surface area contributed by atoms with Crippen molar-refractivity contribution in [2.75, 3.05) is 21.3 Å². The van der Waals surface area contributed by atoms with Crippen molar-refractivity contribution in [3.8, 4) is 0 Å². The Morgan fingerprint density at radius 2 is 1.03 bits per heavy atom. The molecule has 0 rings (SSSR count). The van der Waals surface area contributed by atoms with E-state index in [0.29, 0.717) is 0 Å².